The maximum Gasteiger partial charge on any atom is -0.00430 e. The predicted molar refractivity (Wildman–Crippen MR) is 57.4 cm³/mol. The fourth-order valence-corrected chi connectivity index (χ4v) is 1.41. The Bertz CT molecular complexity index is 238. The molecule has 13 heavy (non-hydrogen) atoms. The highest BCUT2D eigenvalue weighted by atomic mass is 14.5. The smallest absolute Gasteiger partial charge is 0.00430 e. The average Bonchev–Trinajstić information content (AvgIpc) is 2.09. The molecule has 0 aliphatic carbocycles. The van der Waals surface area contributed by atoms with E-state index in [0.717, 1.165) is 6.42 Å². The molecule has 1 nitrogen and oxygen atoms in total. The lowest BCUT2D eigenvalue weighted by Gasteiger charge is -2.09. The van der Waals surface area contributed by atoms with E-state index < -0.39 is 0 Å². The van der Waals surface area contributed by atoms with Gasteiger partial charge in [-0.05, 0) is 37.8 Å². The Morgan fingerprint density at radius 1 is 1.31 bits per heavy atom. The van der Waals surface area contributed by atoms with Crippen molar-refractivity contribution in [3.63, 3.8) is 0 Å². The van der Waals surface area contributed by atoms with Crippen LogP contribution in [-0.4, -0.2) is 6.54 Å². The van der Waals surface area contributed by atoms with Crippen LogP contribution in [-0.2, 0) is 6.42 Å². The monoisotopic (exact) mass is 176 g/mol. The minimum Gasteiger partial charge on any atom is -0.330 e. The molecule has 0 aliphatic rings. The highest BCUT2D eigenvalue weighted by Crippen LogP contribution is 2.11. The van der Waals surface area contributed by atoms with Gasteiger partial charge in [0.15, 0.2) is 0 Å². The topological polar surface area (TPSA) is 26.0 Å². The molecule has 0 saturated carbocycles. The van der Waals surface area contributed by atoms with Gasteiger partial charge in [0.05, 0.1) is 0 Å². The second kappa shape index (κ2) is 5.03. The van der Waals surface area contributed by atoms with Crippen molar-refractivity contribution in [2.75, 3.05) is 6.54 Å². The lowest BCUT2D eigenvalue weighted by Crippen LogP contribution is -2.08. The quantitative estimate of drug-likeness (QED) is 0.748. The first-order valence-corrected chi connectivity index (χ1v) is 4.81. The lowest BCUT2D eigenvalue weighted by atomic mass is 9.98. The number of hydrogen-bond acceptors (Lipinski definition) is 1. The summed E-state index contributed by atoms with van der Waals surface area (Å²) in [5, 5.41) is 0. The zero-order chi connectivity index (χ0) is 9.68. The van der Waals surface area contributed by atoms with Gasteiger partial charge in [-0.25, -0.2) is 0 Å². The Labute approximate surface area is 81.0 Å². The van der Waals surface area contributed by atoms with Crippen molar-refractivity contribution < 1.29 is 0 Å². The standard InChI is InChI=1S/C12H18N/c1-10-3-5-12(6-4-10)9-11(2)7-8-13/h3-7,11H,8-9,13H2,1-2H3. The van der Waals surface area contributed by atoms with E-state index in [0.29, 0.717) is 12.5 Å². The average molecular weight is 176 g/mol. The van der Waals surface area contributed by atoms with Crippen molar-refractivity contribution in [1.82, 2.24) is 0 Å². The van der Waals surface area contributed by atoms with Crippen LogP contribution in [0.3, 0.4) is 0 Å². The van der Waals surface area contributed by atoms with Crippen LogP contribution in [0, 0.1) is 19.3 Å². The van der Waals surface area contributed by atoms with E-state index in [1.807, 2.05) is 0 Å². The number of rotatable bonds is 4. The van der Waals surface area contributed by atoms with Crippen molar-refractivity contribution in [3.05, 3.63) is 41.8 Å². The summed E-state index contributed by atoms with van der Waals surface area (Å²) in [5.74, 6) is 0.577. The van der Waals surface area contributed by atoms with Gasteiger partial charge in [0.25, 0.3) is 0 Å². The molecule has 1 atom stereocenters. The number of hydrogen-bond donors (Lipinski definition) is 1. The van der Waals surface area contributed by atoms with Gasteiger partial charge < -0.3 is 5.73 Å². The van der Waals surface area contributed by atoms with E-state index in [1.165, 1.54) is 11.1 Å². The highest BCUT2D eigenvalue weighted by Gasteiger charge is 2.01. The third-order valence-corrected chi connectivity index (χ3v) is 2.22. The lowest BCUT2D eigenvalue weighted by molar-refractivity contribution is 0.655. The van der Waals surface area contributed by atoms with Crippen LogP contribution >= 0.6 is 0 Å². The fraction of sp³-hybridized carbons (Fsp3) is 0.417. The SMILES string of the molecule is Cc1ccc(CC(C)[CH]CN)cc1. The molecule has 71 valence electrons. The van der Waals surface area contributed by atoms with E-state index in [4.69, 9.17) is 5.73 Å². The third kappa shape index (κ3) is 3.60. The molecule has 2 N–H and O–H groups in total. The predicted octanol–water partition coefficient (Wildman–Crippen LogP) is 2.34. The van der Waals surface area contributed by atoms with Crippen LogP contribution in [0.25, 0.3) is 0 Å². The van der Waals surface area contributed by atoms with Gasteiger partial charge in [-0.2, -0.15) is 0 Å². The Hall–Kier alpha value is -0.820. The maximum absolute atomic E-state index is 5.45. The van der Waals surface area contributed by atoms with Crippen molar-refractivity contribution in [1.29, 1.82) is 0 Å². The van der Waals surface area contributed by atoms with Crippen LogP contribution in [0.1, 0.15) is 18.1 Å². The molecule has 0 spiro atoms. The normalized spacial score (nSPS) is 12.8. The second-order valence-corrected chi connectivity index (χ2v) is 3.64. The highest BCUT2D eigenvalue weighted by molar-refractivity contribution is 5.21. The largest absolute Gasteiger partial charge is 0.330 e. The van der Waals surface area contributed by atoms with E-state index in [2.05, 4.69) is 44.5 Å². The van der Waals surface area contributed by atoms with Gasteiger partial charge in [0, 0.05) is 0 Å². The molecule has 0 saturated heterocycles. The van der Waals surface area contributed by atoms with Gasteiger partial charge >= 0.3 is 0 Å². The Morgan fingerprint density at radius 2 is 1.92 bits per heavy atom. The molecule has 1 heteroatoms. The zero-order valence-electron chi connectivity index (χ0n) is 8.46. The summed E-state index contributed by atoms with van der Waals surface area (Å²) in [6.07, 6.45) is 3.25. The van der Waals surface area contributed by atoms with Gasteiger partial charge in [-0.15, -0.1) is 0 Å². The minimum absolute atomic E-state index is 0.577. The summed E-state index contributed by atoms with van der Waals surface area (Å²) in [5.41, 5.74) is 8.16. The summed E-state index contributed by atoms with van der Waals surface area (Å²) in [4.78, 5) is 0. The summed E-state index contributed by atoms with van der Waals surface area (Å²) in [7, 11) is 0. The van der Waals surface area contributed by atoms with E-state index in [-0.39, 0.29) is 0 Å². The molecule has 0 fully saturated rings. The van der Waals surface area contributed by atoms with E-state index >= 15 is 0 Å². The molecule has 1 aromatic rings. The first kappa shape index (κ1) is 10.3. The third-order valence-electron chi connectivity index (χ3n) is 2.22. The van der Waals surface area contributed by atoms with Crippen molar-refractivity contribution >= 4 is 0 Å². The Kier molecular flexibility index (Phi) is 3.97. The Balaban J connectivity index is 2.49. The van der Waals surface area contributed by atoms with Gasteiger partial charge in [0.2, 0.25) is 0 Å². The van der Waals surface area contributed by atoms with Crippen LogP contribution in [0.5, 0.6) is 0 Å². The molecule has 0 bridgehead atoms. The molecule has 0 aliphatic heterocycles. The molecule has 1 aromatic carbocycles. The second-order valence-electron chi connectivity index (χ2n) is 3.64. The Morgan fingerprint density at radius 3 is 2.46 bits per heavy atom. The van der Waals surface area contributed by atoms with Crippen molar-refractivity contribution in [2.45, 2.75) is 20.3 Å². The molecule has 0 aromatic heterocycles. The van der Waals surface area contributed by atoms with Crippen LogP contribution in [0.15, 0.2) is 24.3 Å². The molecule has 0 heterocycles. The summed E-state index contributed by atoms with van der Waals surface area (Å²) in [6.45, 7) is 4.99. The molecule has 1 unspecified atom stereocenters. The first-order chi connectivity index (χ1) is 6.22. The molecular weight excluding hydrogens is 158 g/mol. The number of nitrogens with two attached hydrogens (primary N) is 1. The van der Waals surface area contributed by atoms with Crippen LogP contribution in [0.2, 0.25) is 0 Å². The van der Waals surface area contributed by atoms with E-state index in [9.17, 15) is 0 Å². The molecule has 1 rings (SSSR count). The van der Waals surface area contributed by atoms with Crippen LogP contribution < -0.4 is 5.73 Å². The van der Waals surface area contributed by atoms with Crippen molar-refractivity contribution in [2.24, 2.45) is 11.7 Å². The molecule has 1 radical (unpaired) electrons. The summed E-state index contributed by atoms with van der Waals surface area (Å²) >= 11 is 0. The zero-order valence-corrected chi connectivity index (χ0v) is 8.46. The number of benzene rings is 1. The fourth-order valence-electron chi connectivity index (χ4n) is 1.41. The van der Waals surface area contributed by atoms with Crippen molar-refractivity contribution in [3.8, 4) is 0 Å². The van der Waals surface area contributed by atoms with Gasteiger partial charge in [-0.1, -0.05) is 36.8 Å². The molecule has 0 amide bonds. The first-order valence-electron chi connectivity index (χ1n) is 4.81. The maximum atomic E-state index is 5.45. The van der Waals surface area contributed by atoms with Gasteiger partial charge in [0.1, 0.15) is 0 Å². The molecular formula is C12H18N. The van der Waals surface area contributed by atoms with Crippen LogP contribution in [0.4, 0.5) is 0 Å². The summed E-state index contributed by atoms with van der Waals surface area (Å²) < 4.78 is 0. The van der Waals surface area contributed by atoms with Gasteiger partial charge in [-0.3, -0.25) is 0 Å². The van der Waals surface area contributed by atoms with E-state index in [1.54, 1.807) is 0 Å². The number of aryl methyl sites for hydroxylation is 1. The minimum atomic E-state index is 0.577. The summed E-state index contributed by atoms with van der Waals surface area (Å²) in [6, 6.07) is 8.70.